The van der Waals surface area contributed by atoms with E-state index in [1.54, 1.807) is 4.90 Å². The summed E-state index contributed by atoms with van der Waals surface area (Å²) in [5.41, 5.74) is 1.76. The third kappa shape index (κ3) is 3.39. The zero-order valence-electron chi connectivity index (χ0n) is 11.5. The van der Waals surface area contributed by atoms with E-state index in [1.807, 2.05) is 18.2 Å². The van der Waals surface area contributed by atoms with E-state index < -0.39 is 0 Å². The number of carbonyl (C=O) groups is 1. The molecule has 0 radical (unpaired) electrons. The molecule has 1 aliphatic heterocycles. The highest BCUT2D eigenvalue weighted by molar-refractivity contribution is 6.34. The van der Waals surface area contributed by atoms with Crippen molar-refractivity contribution in [1.82, 2.24) is 0 Å². The molecule has 0 aliphatic carbocycles. The van der Waals surface area contributed by atoms with Gasteiger partial charge in [-0.1, -0.05) is 17.7 Å². The maximum absolute atomic E-state index is 11.3. The minimum atomic E-state index is -0.0682. The number of benzene rings is 1. The number of nitrogens with one attached hydrogen (secondary N) is 2. The second-order valence-corrected chi connectivity index (χ2v) is 5.31. The third-order valence-corrected chi connectivity index (χ3v) is 3.89. The average molecular weight is 283 g/mol. The number of halogens is 1. The Morgan fingerprint density at radius 1 is 1.42 bits per heavy atom. The van der Waals surface area contributed by atoms with Gasteiger partial charge in [0.1, 0.15) is 0 Å². The Morgan fingerprint density at radius 2 is 2.11 bits per heavy atom. The molecule has 5 heteroatoms. The van der Waals surface area contributed by atoms with Crippen LogP contribution in [0.15, 0.2) is 18.2 Å². The van der Waals surface area contributed by atoms with E-state index in [4.69, 9.17) is 11.6 Å². The molecule has 2 N–H and O–H groups in total. The lowest BCUT2D eigenvalue weighted by Crippen LogP contribution is -3.14. The summed E-state index contributed by atoms with van der Waals surface area (Å²) in [5, 5.41) is 3.57. The van der Waals surface area contributed by atoms with Crippen LogP contribution in [0.25, 0.3) is 0 Å². The molecule has 1 aliphatic rings. The Kier molecular flexibility index (Phi) is 4.66. The van der Waals surface area contributed by atoms with Crippen LogP contribution in [-0.2, 0) is 4.79 Å². The molecular weight excluding hydrogens is 262 g/mol. The van der Waals surface area contributed by atoms with Gasteiger partial charge >= 0.3 is 0 Å². The Morgan fingerprint density at radius 3 is 2.68 bits per heavy atom. The van der Waals surface area contributed by atoms with E-state index in [1.165, 1.54) is 6.92 Å². The fourth-order valence-corrected chi connectivity index (χ4v) is 2.82. The maximum Gasteiger partial charge on any atom is 0.221 e. The molecule has 1 aromatic carbocycles. The van der Waals surface area contributed by atoms with Crippen molar-refractivity contribution < 1.29 is 9.69 Å². The predicted molar refractivity (Wildman–Crippen MR) is 79.2 cm³/mol. The molecule has 1 heterocycles. The van der Waals surface area contributed by atoms with Crippen molar-refractivity contribution in [1.29, 1.82) is 0 Å². The van der Waals surface area contributed by atoms with Crippen molar-refractivity contribution in [2.75, 3.05) is 42.9 Å². The number of hydrogen-bond acceptors (Lipinski definition) is 2. The molecule has 0 saturated carbocycles. The van der Waals surface area contributed by atoms with E-state index in [9.17, 15) is 4.79 Å². The summed E-state index contributed by atoms with van der Waals surface area (Å²) in [6.07, 6.45) is 0. The molecule has 0 aromatic heterocycles. The van der Waals surface area contributed by atoms with Crippen molar-refractivity contribution in [3.05, 3.63) is 23.2 Å². The fourth-order valence-electron chi connectivity index (χ4n) is 2.53. The summed E-state index contributed by atoms with van der Waals surface area (Å²) in [7, 11) is 0. The van der Waals surface area contributed by atoms with Crippen molar-refractivity contribution >= 4 is 28.9 Å². The summed E-state index contributed by atoms with van der Waals surface area (Å²) in [6.45, 7) is 9.06. The van der Waals surface area contributed by atoms with Crippen LogP contribution < -0.4 is 15.1 Å². The maximum atomic E-state index is 11.3. The SMILES string of the molecule is CC[NH+]1CCN(c2c(Cl)cccc2NC(C)=O)CC1. The van der Waals surface area contributed by atoms with E-state index in [2.05, 4.69) is 17.1 Å². The number of quaternary nitrogens is 1. The van der Waals surface area contributed by atoms with Gasteiger partial charge < -0.3 is 15.1 Å². The summed E-state index contributed by atoms with van der Waals surface area (Å²) < 4.78 is 0. The van der Waals surface area contributed by atoms with E-state index >= 15 is 0 Å². The average Bonchev–Trinajstić information content (AvgIpc) is 2.38. The first-order valence-electron chi connectivity index (χ1n) is 6.76. The van der Waals surface area contributed by atoms with Crippen LogP contribution in [0, 0.1) is 0 Å². The molecule has 0 bridgehead atoms. The number of rotatable bonds is 3. The Bertz CT molecular complexity index is 456. The highest BCUT2D eigenvalue weighted by atomic mass is 35.5. The van der Waals surface area contributed by atoms with Crippen molar-refractivity contribution in [2.24, 2.45) is 0 Å². The number of carbonyl (C=O) groups excluding carboxylic acids is 1. The van der Waals surface area contributed by atoms with Gasteiger partial charge in [0.15, 0.2) is 0 Å². The Hall–Kier alpha value is -1.26. The van der Waals surface area contributed by atoms with Crippen molar-refractivity contribution in [2.45, 2.75) is 13.8 Å². The molecule has 1 saturated heterocycles. The second kappa shape index (κ2) is 6.26. The zero-order valence-corrected chi connectivity index (χ0v) is 12.3. The molecule has 2 rings (SSSR count). The van der Waals surface area contributed by atoms with E-state index in [0.717, 1.165) is 44.1 Å². The van der Waals surface area contributed by atoms with Gasteiger partial charge in [-0.05, 0) is 19.1 Å². The standard InChI is InChI=1S/C14H20ClN3O/c1-3-17-7-9-18(10-8-17)14-12(15)5-4-6-13(14)16-11(2)19/h4-6H,3,7-10H2,1-2H3,(H,16,19)/p+1. The van der Waals surface area contributed by atoms with Gasteiger partial charge in [-0.25, -0.2) is 0 Å². The fraction of sp³-hybridized carbons (Fsp3) is 0.500. The molecule has 1 fully saturated rings. The minimum Gasteiger partial charge on any atom is -0.357 e. The molecule has 1 amide bonds. The van der Waals surface area contributed by atoms with Gasteiger partial charge in [-0.3, -0.25) is 4.79 Å². The minimum absolute atomic E-state index is 0.0682. The molecule has 0 unspecified atom stereocenters. The molecular formula is C14H21ClN3O+. The molecule has 1 aromatic rings. The van der Waals surface area contributed by atoms with Crippen molar-refractivity contribution in [3.8, 4) is 0 Å². The van der Waals surface area contributed by atoms with Crippen LogP contribution in [0.5, 0.6) is 0 Å². The van der Waals surface area contributed by atoms with E-state index in [-0.39, 0.29) is 5.91 Å². The Balaban J connectivity index is 2.21. The smallest absolute Gasteiger partial charge is 0.221 e. The number of likely N-dealkylation sites (N-methyl/N-ethyl adjacent to an activating group) is 1. The van der Waals surface area contributed by atoms with Crippen LogP contribution in [0.3, 0.4) is 0 Å². The number of hydrogen-bond donors (Lipinski definition) is 2. The summed E-state index contributed by atoms with van der Waals surface area (Å²) >= 11 is 6.32. The van der Waals surface area contributed by atoms with Crippen molar-refractivity contribution in [3.63, 3.8) is 0 Å². The normalized spacial score (nSPS) is 16.5. The van der Waals surface area contributed by atoms with Crippen LogP contribution in [0.4, 0.5) is 11.4 Å². The molecule has 4 nitrogen and oxygen atoms in total. The topological polar surface area (TPSA) is 36.8 Å². The summed E-state index contributed by atoms with van der Waals surface area (Å²) in [4.78, 5) is 15.2. The first-order valence-corrected chi connectivity index (χ1v) is 7.14. The highest BCUT2D eigenvalue weighted by Gasteiger charge is 2.22. The highest BCUT2D eigenvalue weighted by Crippen LogP contribution is 2.33. The van der Waals surface area contributed by atoms with Gasteiger partial charge in [0.05, 0.1) is 49.1 Å². The summed E-state index contributed by atoms with van der Waals surface area (Å²) in [6, 6.07) is 5.65. The lowest BCUT2D eigenvalue weighted by molar-refractivity contribution is -0.898. The van der Waals surface area contributed by atoms with Gasteiger partial charge in [0, 0.05) is 6.92 Å². The monoisotopic (exact) mass is 282 g/mol. The second-order valence-electron chi connectivity index (χ2n) is 4.91. The van der Waals surface area contributed by atoms with Crippen LogP contribution >= 0.6 is 11.6 Å². The first-order chi connectivity index (χ1) is 9.11. The number of piperazine rings is 1. The lowest BCUT2D eigenvalue weighted by atomic mass is 10.2. The van der Waals surface area contributed by atoms with Gasteiger partial charge in [-0.2, -0.15) is 0 Å². The van der Waals surface area contributed by atoms with Gasteiger partial charge in [0.25, 0.3) is 0 Å². The van der Waals surface area contributed by atoms with Crippen LogP contribution in [0.1, 0.15) is 13.8 Å². The largest absolute Gasteiger partial charge is 0.357 e. The zero-order chi connectivity index (χ0) is 13.8. The third-order valence-electron chi connectivity index (χ3n) is 3.58. The predicted octanol–water partition coefficient (Wildman–Crippen LogP) is 1.02. The lowest BCUT2D eigenvalue weighted by Gasteiger charge is -2.34. The van der Waals surface area contributed by atoms with Crippen LogP contribution in [0.2, 0.25) is 5.02 Å². The molecule has 0 atom stereocenters. The number of anilines is 2. The Labute approximate surface area is 119 Å². The quantitative estimate of drug-likeness (QED) is 0.869. The number of nitrogens with zero attached hydrogens (tertiary/aromatic N) is 1. The van der Waals surface area contributed by atoms with Gasteiger partial charge in [0.2, 0.25) is 5.91 Å². The number of para-hydroxylation sites is 1. The first kappa shape index (κ1) is 14.2. The molecule has 0 spiro atoms. The van der Waals surface area contributed by atoms with Gasteiger partial charge in [-0.15, -0.1) is 0 Å². The molecule has 19 heavy (non-hydrogen) atoms. The number of amides is 1. The molecule has 104 valence electrons. The van der Waals surface area contributed by atoms with E-state index in [0.29, 0.717) is 5.02 Å². The summed E-state index contributed by atoms with van der Waals surface area (Å²) in [5.74, 6) is -0.0682. The van der Waals surface area contributed by atoms with Crippen LogP contribution in [-0.4, -0.2) is 38.6 Å².